The normalized spacial score (nSPS) is 15.5. The minimum atomic E-state index is -0.332. The van der Waals surface area contributed by atoms with Crippen molar-refractivity contribution in [2.45, 2.75) is 40.0 Å². The van der Waals surface area contributed by atoms with Gasteiger partial charge in [-0.2, -0.15) is 0 Å². The lowest BCUT2D eigenvalue weighted by atomic mass is 9.85. The van der Waals surface area contributed by atoms with Crippen LogP contribution in [0.25, 0.3) is 11.5 Å². The molecule has 0 N–H and O–H groups in total. The van der Waals surface area contributed by atoms with Crippen LogP contribution in [-0.2, 0) is 20.7 Å². The van der Waals surface area contributed by atoms with Crippen LogP contribution in [0.5, 0.6) is 0 Å². The molecule has 1 fully saturated rings. The van der Waals surface area contributed by atoms with Crippen molar-refractivity contribution in [3.05, 3.63) is 40.7 Å². The first-order valence-electron chi connectivity index (χ1n) is 10.7. The van der Waals surface area contributed by atoms with Gasteiger partial charge < -0.3 is 18.8 Å². The van der Waals surface area contributed by atoms with Crippen LogP contribution < -0.4 is 0 Å². The zero-order valence-corrected chi connectivity index (χ0v) is 19.0. The number of halogens is 1. The fourth-order valence-corrected chi connectivity index (χ4v) is 3.88. The summed E-state index contributed by atoms with van der Waals surface area (Å²) >= 11 is 5.92. The molecule has 3 rings (SSSR count). The van der Waals surface area contributed by atoms with E-state index in [4.69, 9.17) is 25.5 Å². The van der Waals surface area contributed by atoms with Crippen LogP contribution in [0.1, 0.15) is 38.1 Å². The monoisotopic (exact) mass is 448 g/mol. The van der Waals surface area contributed by atoms with Gasteiger partial charge in [0.25, 0.3) is 0 Å². The number of rotatable bonds is 7. The van der Waals surface area contributed by atoms with Crippen LogP contribution >= 0.6 is 11.6 Å². The molecular weight excluding hydrogens is 420 g/mol. The van der Waals surface area contributed by atoms with Crippen LogP contribution in [0.15, 0.2) is 28.7 Å². The summed E-state index contributed by atoms with van der Waals surface area (Å²) in [5, 5.41) is 0.651. The summed E-state index contributed by atoms with van der Waals surface area (Å²) in [6.45, 7) is 7.33. The summed E-state index contributed by atoms with van der Waals surface area (Å²) in [7, 11) is 0. The maximum Gasteiger partial charge on any atom is 0.409 e. The zero-order chi connectivity index (χ0) is 22.4. The maximum absolute atomic E-state index is 12.4. The quantitative estimate of drug-likeness (QED) is 0.560. The number of likely N-dealkylation sites (tertiary alicyclic amines) is 1. The number of amides is 1. The highest BCUT2D eigenvalue weighted by Gasteiger charge is 2.31. The van der Waals surface area contributed by atoms with Crippen molar-refractivity contribution >= 4 is 23.7 Å². The third-order valence-corrected chi connectivity index (χ3v) is 5.96. The summed E-state index contributed by atoms with van der Waals surface area (Å²) < 4.78 is 16.3. The summed E-state index contributed by atoms with van der Waals surface area (Å²) in [5.74, 6) is 1.14. The average molecular weight is 449 g/mol. The topological polar surface area (TPSA) is 81.9 Å². The molecule has 2 heterocycles. The smallest absolute Gasteiger partial charge is 0.409 e. The van der Waals surface area contributed by atoms with Crippen LogP contribution in [-0.4, -0.2) is 48.2 Å². The fraction of sp³-hybridized carbons (Fsp3) is 0.522. The van der Waals surface area contributed by atoms with Gasteiger partial charge >= 0.3 is 12.1 Å². The Morgan fingerprint density at radius 1 is 1.23 bits per heavy atom. The van der Waals surface area contributed by atoms with Crippen LogP contribution in [0.3, 0.4) is 0 Å². The van der Waals surface area contributed by atoms with Crippen molar-refractivity contribution in [2.24, 2.45) is 11.8 Å². The number of carbonyl (C=O) groups excluding carboxylic acids is 2. The SMILES string of the molecule is CCOC(=O)C(C)C1CCN(C(=O)OCCc2nc(-c3ccc(Cl)cc3)oc2C)CC1. The van der Waals surface area contributed by atoms with Crippen molar-refractivity contribution in [3.63, 3.8) is 0 Å². The molecule has 1 aliphatic heterocycles. The predicted octanol–water partition coefficient (Wildman–Crippen LogP) is 4.89. The average Bonchev–Trinajstić information content (AvgIpc) is 3.14. The number of esters is 1. The summed E-state index contributed by atoms with van der Waals surface area (Å²) in [4.78, 5) is 30.5. The third kappa shape index (κ3) is 6.00. The summed E-state index contributed by atoms with van der Waals surface area (Å²) in [6, 6.07) is 7.27. The Bertz CT molecular complexity index is 888. The molecule has 0 saturated carbocycles. The van der Waals surface area contributed by atoms with E-state index < -0.39 is 0 Å². The molecule has 1 aromatic carbocycles. The van der Waals surface area contributed by atoms with Gasteiger partial charge in [0.15, 0.2) is 0 Å². The number of aromatic nitrogens is 1. The molecular formula is C23H29ClN2O5. The summed E-state index contributed by atoms with van der Waals surface area (Å²) in [5.41, 5.74) is 1.61. The molecule has 0 spiro atoms. The maximum atomic E-state index is 12.4. The molecule has 1 amide bonds. The highest BCUT2D eigenvalue weighted by Crippen LogP contribution is 2.27. The molecule has 0 radical (unpaired) electrons. The van der Waals surface area contributed by atoms with Gasteiger partial charge in [0.2, 0.25) is 5.89 Å². The molecule has 0 aliphatic carbocycles. The van der Waals surface area contributed by atoms with Crippen LogP contribution in [0.4, 0.5) is 4.79 Å². The lowest BCUT2D eigenvalue weighted by molar-refractivity contribution is -0.149. The van der Waals surface area contributed by atoms with Gasteiger partial charge in [0, 0.05) is 30.1 Å². The van der Waals surface area contributed by atoms with E-state index in [9.17, 15) is 9.59 Å². The first kappa shape index (κ1) is 23.1. The highest BCUT2D eigenvalue weighted by atomic mass is 35.5. The van der Waals surface area contributed by atoms with E-state index in [1.54, 1.807) is 17.0 Å². The second-order valence-electron chi connectivity index (χ2n) is 7.76. The summed E-state index contributed by atoms with van der Waals surface area (Å²) in [6.07, 6.45) is 1.68. The molecule has 0 bridgehead atoms. The molecule has 31 heavy (non-hydrogen) atoms. The molecule has 1 saturated heterocycles. The van der Waals surface area contributed by atoms with Crippen molar-refractivity contribution < 1.29 is 23.5 Å². The van der Waals surface area contributed by atoms with E-state index in [1.807, 2.05) is 32.9 Å². The minimum Gasteiger partial charge on any atom is -0.466 e. The van der Waals surface area contributed by atoms with E-state index in [-0.39, 0.29) is 30.5 Å². The molecule has 1 aliphatic rings. The lowest BCUT2D eigenvalue weighted by Crippen LogP contribution is -2.41. The van der Waals surface area contributed by atoms with Gasteiger partial charge in [-0.05, 0) is 56.9 Å². The third-order valence-electron chi connectivity index (χ3n) is 5.71. The van der Waals surface area contributed by atoms with E-state index in [2.05, 4.69) is 4.98 Å². The standard InChI is InChI=1S/C23H29ClN2O5/c1-4-29-22(27)15(2)17-9-12-26(13-10-17)23(28)30-14-11-20-16(3)31-21(25-20)18-5-7-19(24)8-6-18/h5-8,15,17H,4,9-14H2,1-3H3. The second-order valence-corrected chi connectivity index (χ2v) is 8.19. The van der Waals surface area contributed by atoms with Crippen molar-refractivity contribution in [3.8, 4) is 11.5 Å². The number of nitrogens with zero attached hydrogens (tertiary/aromatic N) is 2. The minimum absolute atomic E-state index is 0.150. The number of piperidine rings is 1. The lowest BCUT2D eigenvalue weighted by Gasteiger charge is -2.33. The Kier molecular flexibility index (Phi) is 7.96. The largest absolute Gasteiger partial charge is 0.466 e. The van der Waals surface area contributed by atoms with Crippen LogP contribution in [0.2, 0.25) is 5.02 Å². The number of carbonyl (C=O) groups is 2. The zero-order valence-electron chi connectivity index (χ0n) is 18.2. The Labute approximate surface area is 187 Å². The molecule has 1 atom stereocenters. The number of hydrogen-bond acceptors (Lipinski definition) is 6. The molecule has 1 unspecified atom stereocenters. The first-order valence-corrected chi connectivity index (χ1v) is 11.1. The first-order chi connectivity index (χ1) is 14.9. The highest BCUT2D eigenvalue weighted by molar-refractivity contribution is 6.30. The van der Waals surface area contributed by atoms with E-state index in [0.29, 0.717) is 42.8 Å². The van der Waals surface area contributed by atoms with E-state index in [1.165, 1.54) is 0 Å². The van der Waals surface area contributed by atoms with E-state index >= 15 is 0 Å². The van der Waals surface area contributed by atoms with Crippen molar-refractivity contribution in [1.29, 1.82) is 0 Å². The number of benzene rings is 1. The van der Waals surface area contributed by atoms with Gasteiger partial charge in [-0.1, -0.05) is 18.5 Å². The number of oxazole rings is 1. The van der Waals surface area contributed by atoms with E-state index in [0.717, 1.165) is 24.1 Å². The van der Waals surface area contributed by atoms with Gasteiger partial charge in [0.1, 0.15) is 5.76 Å². The molecule has 168 valence electrons. The van der Waals surface area contributed by atoms with Gasteiger partial charge in [0.05, 0.1) is 24.8 Å². The van der Waals surface area contributed by atoms with Gasteiger partial charge in [-0.25, -0.2) is 9.78 Å². The van der Waals surface area contributed by atoms with Gasteiger partial charge in [-0.15, -0.1) is 0 Å². The number of hydrogen-bond donors (Lipinski definition) is 0. The van der Waals surface area contributed by atoms with Gasteiger partial charge in [-0.3, -0.25) is 4.79 Å². The molecule has 7 nitrogen and oxygen atoms in total. The van der Waals surface area contributed by atoms with Crippen LogP contribution in [0, 0.1) is 18.8 Å². The molecule has 2 aromatic rings. The molecule has 1 aromatic heterocycles. The Hall–Kier alpha value is -2.54. The predicted molar refractivity (Wildman–Crippen MR) is 117 cm³/mol. The van der Waals surface area contributed by atoms with Crippen molar-refractivity contribution in [1.82, 2.24) is 9.88 Å². The molecule has 8 heteroatoms. The Morgan fingerprint density at radius 2 is 1.90 bits per heavy atom. The Morgan fingerprint density at radius 3 is 2.55 bits per heavy atom. The number of aryl methyl sites for hydroxylation is 1. The fourth-order valence-electron chi connectivity index (χ4n) is 3.75. The Balaban J connectivity index is 1.45. The van der Waals surface area contributed by atoms with Crippen molar-refractivity contribution in [2.75, 3.05) is 26.3 Å². The second kappa shape index (κ2) is 10.7. The number of ether oxygens (including phenoxy) is 2.